The van der Waals surface area contributed by atoms with Gasteiger partial charge in [-0.3, -0.25) is 4.79 Å². The van der Waals surface area contributed by atoms with Gasteiger partial charge >= 0.3 is 0 Å². The van der Waals surface area contributed by atoms with Crippen molar-refractivity contribution < 1.29 is 17.9 Å². The van der Waals surface area contributed by atoms with E-state index in [1.54, 1.807) is 18.2 Å². The van der Waals surface area contributed by atoms with Crippen molar-refractivity contribution in [1.82, 2.24) is 4.72 Å². The number of aryl methyl sites for hydroxylation is 1. The zero-order valence-electron chi connectivity index (χ0n) is 14.4. The van der Waals surface area contributed by atoms with E-state index in [1.807, 2.05) is 6.92 Å². The van der Waals surface area contributed by atoms with Crippen molar-refractivity contribution in [2.45, 2.75) is 30.7 Å². The van der Waals surface area contributed by atoms with E-state index in [-0.39, 0.29) is 22.3 Å². The summed E-state index contributed by atoms with van der Waals surface area (Å²) in [5, 5.41) is 3.25. The SMILES string of the molecule is COc1ccc(C(=O)Nc2cc(Cl)ccc2C)cc1S(=O)(=O)NC1CC1. The van der Waals surface area contributed by atoms with E-state index >= 15 is 0 Å². The molecule has 0 saturated heterocycles. The lowest BCUT2D eigenvalue weighted by molar-refractivity contribution is 0.102. The van der Waals surface area contributed by atoms with Gasteiger partial charge in [0, 0.05) is 22.3 Å². The van der Waals surface area contributed by atoms with Crippen LogP contribution in [0.2, 0.25) is 5.02 Å². The van der Waals surface area contributed by atoms with Crippen LogP contribution in [0.5, 0.6) is 5.75 Å². The molecular formula is C18H19ClN2O4S. The molecule has 26 heavy (non-hydrogen) atoms. The Morgan fingerprint density at radius 3 is 2.58 bits per heavy atom. The Morgan fingerprint density at radius 2 is 1.92 bits per heavy atom. The lowest BCUT2D eigenvalue weighted by atomic mass is 10.1. The molecule has 0 aromatic heterocycles. The largest absolute Gasteiger partial charge is 0.495 e. The first-order valence-corrected chi connectivity index (χ1v) is 9.94. The Morgan fingerprint density at radius 1 is 1.19 bits per heavy atom. The van der Waals surface area contributed by atoms with E-state index in [4.69, 9.17) is 16.3 Å². The summed E-state index contributed by atoms with van der Waals surface area (Å²) in [5.74, 6) is -0.241. The van der Waals surface area contributed by atoms with Crippen molar-refractivity contribution in [3.63, 3.8) is 0 Å². The van der Waals surface area contributed by atoms with Gasteiger partial charge in [-0.05, 0) is 55.7 Å². The lowest BCUT2D eigenvalue weighted by Gasteiger charge is -2.13. The highest BCUT2D eigenvalue weighted by Gasteiger charge is 2.30. The van der Waals surface area contributed by atoms with Gasteiger partial charge in [-0.25, -0.2) is 13.1 Å². The van der Waals surface area contributed by atoms with Crippen LogP contribution in [0.3, 0.4) is 0 Å². The number of anilines is 1. The number of hydrogen-bond donors (Lipinski definition) is 2. The van der Waals surface area contributed by atoms with E-state index in [0.717, 1.165) is 18.4 Å². The Hall–Kier alpha value is -2.09. The molecular weight excluding hydrogens is 376 g/mol. The molecule has 2 N–H and O–H groups in total. The highest BCUT2D eigenvalue weighted by atomic mass is 35.5. The molecule has 0 bridgehead atoms. The highest BCUT2D eigenvalue weighted by molar-refractivity contribution is 7.89. The quantitative estimate of drug-likeness (QED) is 0.786. The standard InChI is InChI=1S/C18H19ClN2O4S/c1-11-3-5-13(19)10-15(11)20-18(22)12-4-8-16(25-2)17(9-12)26(23,24)21-14-6-7-14/h3-5,8-10,14,21H,6-7H2,1-2H3,(H,20,22). The summed E-state index contributed by atoms with van der Waals surface area (Å²) in [4.78, 5) is 12.5. The number of carbonyl (C=O) groups excluding carboxylic acids is 1. The number of ether oxygens (including phenoxy) is 1. The maximum absolute atomic E-state index is 12.6. The van der Waals surface area contributed by atoms with E-state index < -0.39 is 15.9 Å². The molecule has 6 nitrogen and oxygen atoms in total. The zero-order valence-corrected chi connectivity index (χ0v) is 15.9. The van der Waals surface area contributed by atoms with E-state index in [0.29, 0.717) is 10.7 Å². The number of benzene rings is 2. The second kappa shape index (κ2) is 7.26. The Balaban J connectivity index is 1.91. The van der Waals surface area contributed by atoms with Gasteiger partial charge in [0.25, 0.3) is 5.91 Å². The first-order valence-electron chi connectivity index (χ1n) is 8.08. The zero-order chi connectivity index (χ0) is 18.9. The highest BCUT2D eigenvalue weighted by Crippen LogP contribution is 2.29. The van der Waals surface area contributed by atoms with E-state index in [2.05, 4.69) is 10.0 Å². The third-order valence-electron chi connectivity index (χ3n) is 4.06. The smallest absolute Gasteiger partial charge is 0.255 e. The molecule has 1 saturated carbocycles. The number of methoxy groups -OCH3 is 1. The van der Waals surface area contributed by atoms with Crippen molar-refractivity contribution in [1.29, 1.82) is 0 Å². The van der Waals surface area contributed by atoms with Crippen LogP contribution < -0.4 is 14.8 Å². The first kappa shape index (κ1) is 18.7. The van der Waals surface area contributed by atoms with Gasteiger partial charge in [0.1, 0.15) is 10.6 Å². The predicted octanol–water partition coefficient (Wildman–Crippen LogP) is 3.35. The van der Waals surface area contributed by atoms with Crippen molar-refractivity contribution in [3.05, 3.63) is 52.5 Å². The second-order valence-electron chi connectivity index (χ2n) is 6.17. The van der Waals surface area contributed by atoms with Crippen LogP contribution >= 0.6 is 11.6 Å². The third kappa shape index (κ3) is 4.17. The van der Waals surface area contributed by atoms with Gasteiger partial charge in [-0.2, -0.15) is 0 Å². The summed E-state index contributed by atoms with van der Waals surface area (Å²) in [7, 11) is -2.37. The fourth-order valence-electron chi connectivity index (χ4n) is 2.44. The minimum Gasteiger partial charge on any atom is -0.495 e. The number of carbonyl (C=O) groups is 1. The molecule has 0 atom stereocenters. The van der Waals surface area contributed by atoms with Gasteiger partial charge in [-0.15, -0.1) is 0 Å². The fraction of sp³-hybridized carbons (Fsp3) is 0.278. The van der Waals surface area contributed by atoms with Gasteiger partial charge < -0.3 is 10.1 Å². The molecule has 0 unspecified atom stereocenters. The monoisotopic (exact) mass is 394 g/mol. The van der Waals surface area contributed by atoms with Crippen LogP contribution in [0.15, 0.2) is 41.3 Å². The van der Waals surface area contributed by atoms with Crippen LogP contribution in [0.4, 0.5) is 5.69 Å². The average molecular weight is 395 g/mol. The molecule has 1 amide bonds. The molecule has 3 rings (SSSR count). The number of halogens is 1. The van der Waals surface area contributed by atoms with Crippen LogP contribution in [-0.2, 0) is 10.0 Å². The van der Waals surface area contributed by atoms with Crippen LogP contribution in [0, 0.1) is 6.92 Å². The van der Waals surface area contributed by atoms with E-state index in [1.165, 1.54) is 25.3 Å². The topological polar surface area (TPSA) is 84.5 Å². The maximum Gasteiger partial charge on any atom is 0.255 e. The summed E-state index contributed by atoms with van der Waals surface area (Å²) in [6.07, 6.45) is 1.63. The van der Waals surface area contributed by atoms with Crippen LogP contribution in [0.25, 0.3) is 0 Å². The first-order chi connectivity index (χ1) is 12.3. The molecule has 2 aromatic rings. The van der Waals surface area contributed by atoms with Gasteiger partial charge in [0.2, 0.25) is 10.0 Å². The summed E-state index contributed by atoms with van der Waals surface area (Å²) in [6.45, 7) is 1.84. The molecule has 0 heterocycles. The molecule has 2 aromatic carbocycles. The molecule has 0 radical (unpaired) electrons. The fourth-order valence-corrected chi connectivity index (χ4v) is 4.11. The Bertz CT molecular complexity index is 956. The maximum atomic E-state index is 12.6. The van der Waals surface area contributed by atoms with Crippen LogP contribution in [0.1, 0.15) is 28.8 Å². The minimum atomic E-state index is -3.76. The number of nitrogens with one attached hydrogen (secondary N) is 2. The molecule has 1 aliphatic rings. The molecule has 1 fully saturated rings. The van der Waals surface area contributed by atoms with Crippen molar-refractivity contribution >= 4 is 33.2 Å². The van der Waals surface area contributed by atoms with Crippen LogP contribution in [-0.4, -0.2) is 27.5 Å². The van der Waals surface area contributed by atoms with Gasteiger partial charge in [-0.1, -0.05) is 17.7 Å². The summed E-state index contributed by atoms with van der Waals surface area (Å²) >= 11 is 5.97. The molecule has 8 heteroatoms. The molecule has 138 valence electrons. The van der Waals surface area contributed by atoms with Crippen molar-refractivity contribution in [2.75, 3.05) is 12.4 Å². The van der Waals surface area contributed by atoms with Gasteiger partial charge in [0.05, 0.1) is 7.11 Å². The third-order valence-corrected chi connectivity index (χ3v) is 5.84. The predicted molar refractivity (Wildman–Crippen MR) is 100 cm³/mol. The second-order valence-corrected chi connectivity index (χ2v) is 8.29. The number of amides is 1. The van der Waals surface area contributed by atoms with Crippen molar-refractivity contribution in [3.8, 4) is 5.75 Å². The number of hydrogen-bond acceptors (Lipinski definition) is 4. The minimum absolute atomic E-state index is 0.0451. The van der Waals surface area contributed by atoms with E-state index in [9.17, 15) is 13.2 Å². The Kier molecular flexibility index (Phi) is 5.22. The molecule has 0 aliphatic heterocycles. The lowest BCUT2D eigenvalue weighted by Crippen LogP contribution is -2.26. The molecule has 1 aliphatic carbocycles. The number of rotatable bonds is 6. The summed E-state index contributed by atoms with van der Waals surface area (Å²) in [5.41, 5.74) is 1.62. The molecule has 0 spiro atoms. The Labute approximate surface area is 157 Å². The summed E-state index contributed by atoms with van der Waals surface area (Å²) < 4.78 is 32.9. The number of sulfonamides is 1. The van der Waals surface area contributed by atoms with Crippen molar-refractivity contribution in [2.24, 2.45) is 0 Å². The average Bonchev–Trinajstić information content (AvgIpc) is 3.40. The van der Waals surface area contributed by atoms with Gasteiger partial charge in [0.15, 0.2) is 0 Å². The normalized spacial score (nSPS) is 14.1. The summed E-state index contributed by atoms with van der Waals surface area (Å²) in [6, 6.07) is 9.43.